The Morgan fingerprint density at radius 2 is 1.48 bits per heavy atom. The number of nitrogens with two attached hydrogens (primary N) is 1. The first-order chi connectivity index (χ1) is 9.90. The van der Waals surface area contributed by atoms with Gasteiger partial charge in [-0.3, -0.25) is 0 Å². The monoisotopic (exact) mass is 304 g/mol. The lowest BCUT2D eigenvalue weighted by atomic mass is 10.1. The Bertz CT molecular complexity index is 702. The second-order valence-corrected chi connectivity index (χ2v) is 6.94. The molecule has 0 fully saturated rings. The molecule has 0 spiro atoms. The van der Waals surface area contributed by atoms with Crippen molar-refractivity contribution < 1.29 is 8.42 Å². The fourth-order valence-electron chi connectivity index (χ4n) is 2.14. The summed E-state index contributed by atoms with van der Waals surface area (Å²) in [6, 6.07) is 12.9. The van der Waals surface area contributed by atoms with Crippen molar-refractivity contribution in [2.75, 3.05) is 0 Å². The highest BCUT2D eigenvalue weighted by molar-refractivity contribution is 7.89. The van der Waals surface area contributed by atoms with Gasteiger partial charge < -0.3 is 5.73 Å². The Labute approximate surface area is 126 Å². The van der Waals surface area contributed by atoms with Crippen LogP contribution in [0.1, 0.15) is 22.3 Å². The van der Waals surface area contributed by atoms with E-state index in [0.29, 0.717) is 11.4 Å². The average molecular weight is 304 g/mol. The summed E-state index contributed by atoms with van der Waals surface area (Å²) in [4.78, 5) is 0.304. The van der Waals surface area contributed by atoms with Gasteiger partial charge in [0.05, 0.1) is 4.90 Å². The molecule has 0 unspecified atom stereocenters. The Kier molecular flexibility index (Phi) is 4.77. The zero-order chi connectivity index (χ0) is 15.5. The summed E-state index contributed by atoms with van der Waals surface area (Å²) in [5.41, 5.74) is 9.33. The molecular weight excluding hydrogens is 284 g/mol. The maximum Gasteiger partial charge on any atom is 0.240 e. The van der Waals surface area contributed by atoms with Crippen LogP contribution in [0.2, 0.25) is 0 Å². The summed E-state index contributed by atoms with van der Waals surface area (Å²) in [6.45, 7) is 4.52. The van der Waals surface area contributed by atoms with Crippen molar-refractivity contribution >= 4 is 10.0 Å². The van der Waals surface area contributed by atoms with Crippen LogP contribution in [0.4, 0.5) is 0 Å². The standard InChI is InChI=1S/C16H20N2O2S/c1-12-7-13(2)9-16(8-12)21(19,20)18-11-15-5-3-14(10-17)4-6-15/h3-9,18H,10-11,17H2,1-2H3. The first-order valence-corrected chi connectivity index (χ1v) is 8.25. The van der Waals surface area contributed by atoms with Gasteiger partial charge in [-0.2, -0.15) is 0 Å². The second-order valence-electron chi connectivity index (χ2n) is 5.17. The second kappa shape index (κ2) is 6.39. The summed E-state index contributed by atoms with van der Waals surface area (Å²) >= 11 is 0. The third-order valence-corrected chi connectivity index (χ3v) is 4.61. The Hall–Kier alpha value is -1.69. The molecule has 2 rings (SSSR count). The van der Waals surface area contributed by atoms with E-state index in [1.807, 2.05) is 44.2 Å². The van der Waals surface area contributed by atoms with Gasteiger partial charge in [-0.25, -0.2) is 13.1 Å². The van der Waals surface area contributed by atoms with Gasteiger partial charge in [0.15, 0.2) is 0 Å². The Balaban J connectivity index is 2.13. The van der Waals surface area contributed by atoms with E-state index < -0.39 is 10.0 Å². The van der Waals surface area contributed by atoms with Crippen LogP contribution in [-0.2, 0) is 23.1 Å². The fraction of sp³-hybridized carbons (Fsp3) is 0.250. The lowest BCUT2D eigenvalue weighted by Crippen LogP contribution is -2.23. The molecule has 0 aliphatic carbocycles. The smallest absolute Gasteiger partial charge is 0.240 e. The SMILES string of the molecule is Cc1cc(C)cc(S(=O)(=O)NCc2ccc(CN)cc2)c1. The van der Waals surface area contributed by atoms with Crippen LogP contribution in [0.3, 0.4) is 0 Å². The van der Waals surface area contributed by atoms with Crippen molar-refractivity contribution in [1.82, 2.24) is 4.72 Å². The van der Waals surface area contributed by atoms with Gasteiger partial charge in [0.2, 0.25) is 10.0 Å². The number of benzene rings is 2. The highest BCUT2D eigenvalue weighted by atomic mass is 32.2. The maximum absolute atomic E-state index is 12.3. The third kappa shape index (κ3) is 4.14. The molecule has 0 saturated carbocycles. The fourth-order valence-corrected chi connectivity index (χ4v) is 3.35. The van der Waals surface area contributed by atoms with Gasteiger partial charge in [-0.05, 0) is 48.2 Å². The molecule has 0 bridgehead atoms. The van der Waals surface area contributed by atoms with Crippen LogP contribution in [0.15, 0.2) is 47.4 Å². The Morgan fingerprint density at radius 3 is 2.00 bits per heavy atom. The van der Waals surface area contributed by atoms with E-state index in [1.54, 1.807) is 12.1 Å². The van der Waals surface area contributed by atoms with E-state index in [4.69, 9.17) is 5.73 Å². The highest BCUT2D eigenvalue weighted by Crippen LogP contribution is 2.15. The highest BCUT2D eigenvalue weighted by Gasteiger charge is 2.14. The number of hydrogen-bond donors (Lipinski definition) is 2. The number of nitrogens with one attached hydrogen (secondary N) is 1. The van der Waals surface area contributed by atoms with Gasteiger partial charge in [0, 0.05) is 13.1 Å². The largest absolute Gasteiger partial charge is 0.326 e. The van der Waals surface area contributed by atoms with Crippen LogP contribution in [0.5, 0.6) is 0 Å². The van der Waals surface area contributed by atoms with Crippen molar-refractivity contribution in [2.24, 2.45) is 5.73 Å². The van der Waals surface area contributed by atoms with Crippen molar-refractivity contribution in [3.8, 4) is 0 Å². The van der Waals surface area contributed by atoms with E-state index >= 15 is 0 Å². The minimum absolute atomic E-state index is 0.264. The molecule has 3 N–H and O–H groups in total. The van der Waals surface area contributed by atoms with E-state index in [-0.39, 0.29) is 6.54 Å². The molecule has 0 aromatic heterocycles. The molecule has 5 heteroatoms. The van der Waals surface area contributed by atoms with Crippen molar-refractivity contribution in [2.45, 2.75) is 31.8 Å². The number of sulfonamides is 1. The van der Waals surface area contributed by atoms with E-state index in [1.165, 1.54) is 0 Å². The normalized spacial score (nSPS) is 11.6. The summed E-state index contributed by atoms with van der Waals surface area (Å²) in [5.74, 6) is 0. The van der Waals surface area contributed by atoms with Gasteiger partial charge in [-0.1, -0.05) is 30.3 Å². The molecule has 0 atom stereocenters. The van der Waals surface area contributed by atoms with Crippen LogP contribution in [-0.4, -0.2) is 8.42 Å². The van der Waals surface area contributed by atoms with Gasteiger partial charge in [-0.15, -0.1) is 0 Å². The lowest BCUT2D eigenvalue weighted by molar-refractivity contribution is 0.581. The minimum Gasteiger partial charge on any atom is -0.326 e. The molecule has 0 saturated heterocycles. The minimum atomic E-state index is -3.49. The Morgan fingerprint density at radius 1 is 0.952 bits per heavy atom. The van der Waals surface area contributed by atoms with Crippen LogP contribution in [0.25, 0.3) is 0 Å². The molecule has 2 aromatic rings. The molecule has 0 amide bonds. The van der Waals surface area contributed by atoms with Crippen molar-refractivity contribution in [3.63, 3.8) is 0 Å². The average Bonchev–Trinajstić information content (AvgIpc) is 2.45. The summed E-state index contributed by atoms with van der Waals surface area (Å²) in [7, 11) is -3.49. The predicted octanol–water partition coefficient (Wildman–Crippen LogP) is 2.24. The summed E-state index contributed by atoms with van der Waals surface area (Å²) in [6.07, 6.45) is 0. The van der Waals surface area contributed by atoms with Crippen LogP contribution in [0, 0.1) is 13.8 Å². The molecule has 4 nitrogen and oxygen atoms in total. The predicted molar refractivity (Wildman–Crippen MR) is 84.3 cm³/mol. The molecule has 0 aliphatic rings. The molecule has 2 aromatic carbocycles. The quantitative estimate of drug-likeness (QED) is 0.890. The van der Waals surface area contributed by atoms with Crippen molar-refractivity contribution in [1.29, 1.82) is 0 Å². The van der Waals surface area contributed by atoms with Crippen molar-refractivity contribution in [3.05, 3.63) is 64.7 Å². The molecule has 21 heavy (non-hydrogen) atoms. The first kappa shape index (κ1) is 15.7. The molecular formula is C16H20N2O2S. The molecule has 0 aliphatic heterocycles. The number of aryl methyl sites for hydroxylation is 2. The zero-order valence-electron chi connectivity index (χ0n) is 12.3. The van der Waals surface area contributed by atoms with E-state index in [2.05, 4.69) is 4.72 Å². The van der Waals surface area contributed by atoms with Gasteiger partial charge >= 0.3 is 0 Å². The van der Waals surface area contributed by atoms with Gasteiger partial charge in [0.1, 0.15) is 0 Å². The molecule has 0 radical (unpaired) electrons. The maximum atomic E-state index is 12.3. The number of hydrogen-bond acceptors (Lipinski definition) is 3. The summed E-state index contributed by atoms with van der Waals surface area (Å²) in [5, 5.41) is 0. The van der Waals surface area contributed by atoms with Gasteiger partial charge in [0.25, 0.3) is 0 Å². The molecule has 112 valence electrons. The zero-order valence-corrected chi connectivity index (χ0v) is 13.1. The lowest BCUT2D eigenvalue weighted by Gasteiger charge is -2.09. The van der Waals surface area contributed by atoms with E-state index in [9.17, 15) is 8.42 Å². The van der Waals surface area contributed by atoms with Crippen LogP contribution < -0.4 is 10.5 Å². The topological polar surface area (TPSA) is 72.2 Å². The molecule has 0 heterocycles. The van der Waals surface area contributed by atoms with Crippen LogP contribution >= 0.6 is 0 Å². The number of rotatable bonds is 5. The van der Waals surface area contributed by atoms with E-state index in [0.717, 1.165) is 22.3 Å². The summed E-state index contributed by atoms with van der Waals surface area (Å²) < 4.78 is 27.2. The first-order valence-electron chi connectivity index (χ1n) is 6.76. The third-order valence-electron chi connectivity index (χ3n) is 3.23.